The van der Waals surface area contributed by atoms with E-state index in [4.69, 9.17) is 4.42 Å². The average Bonchev–Trinajstić information content (AvgIpc) is 2.76. The van der Waals surface area contributed by atoms with E-state index in [-0.39, 0.29) is 0 Å². The summed E-state index contributed by atoms with van der Waals surface area (Å²) in [4.78, 5) is 7.03. The van der Waals surface area contributed by atoms with Gasteiger partial charge in [0, 0.05) is 24.4 Å². The maximum absolute atomic E-state index is 5.81. The molecule has 0 radical (unpaired) electrons. The van der Waals surface area contributed by atoms with E-state index in [1.54, 1.807) is 6.33 Å². The van der Waals surface area contributed by atoms with Crippen LogP contribution in [0.25, 0.3) is 0 Å². The lowest BCUT2D eigenvalue weighted by Gasteiger charge is -2.00. The zero-order valence-electron chi connectivity index (χ0n) is 9.94. The summed E-state index contributed by atoms with van der Waals surface area (Å²) in [5, 5.41) is 3.32. The molecule has 2 unspecified atom stereocenters. The fourth-order valence-corrected chi connectivity index (χ4v) is 2.11. The zero-order chi connectivity index (χ0) is 11.7. The van der Waals surface area contributed by atoms with Gasteiger partial charge in [-0.05, 0) is 24.5 Å². The molecule has 0 saturated heterocycles. The second kappa shape index (κ2) is 4.37. The van der Waals surface area contributed by atoms with Crippen molar-refractivity contribution in [3.05, 3.63) is 41.9 Å². The highest BCUT2D eigenvalue weighted by molar-refractivity contribution is 5.17. The molecule has 2 aromatic rings. The fourth-order valence-electron chi connectivity index (χ4n) is 2.11. The largest absolute Gasteiger partial charge is 0.464 e. The highest BCUT2D eigenvalue weighted by Crippen LogP contribution is 2.47. The Morgan fingerprint density at radius 3 is 3.06 bits per heavy atom. The Balaban J connectivity index is 1.50. The molecule has 1 fully saturated rings. The van der Waals surface area contributed by atoms with Crippen molar-refractivity contribution in [3.8, 4) is 0 Å². The third-order valence-electron chi connectivity index (χ3n) is 3.33. The van der Waals surface area contributed by atoms with E-state index in [1.807, 2.05) is 6.20 Å². The van der Waals surface area contributed by atoms with Crippen LogP contribution in [0, 0.1) is 5.92 Å². The predicted molar refractivity (Wildman–Crippen MR) is 64.4 cm³/mol. The van der Waals surface area contributed by atoms with Crippen LogP contribution in [-0.2, 0) is 13.1 Å². The molecule has 1 aliphatic carbocycles. The Bertz CT molecular complexity index is 475. The van der Waals surface area contributed by atoms with Crippen molar-refractivity contribution in [1.29, 1.82) is 0 Å². The van der Waals surface area contributed by atoms with Crippen LogP contribution in [-0.4, -0.2) is 9.97 Å². The first-order chi connectivity index (χ1) is 8.33. The molecular weight excluding hydrogens is 214 g/mol. The first-order valence-electron chi connectivity index (χ1n) is 6.09. The Morgan fingerprint density at radius 2 is 2.35 bits per heavy atom. The van der Waals surface area contributed by atoms with Crippen LogP contribution in [0.15, 0.2) is 29.1 Å². The van der Waals surface area contributed by atoms with Gasteiger partial charge in [-0.15, -0.1) is 0 Å². The number of aromatic nitrogens is 2. The van der Waals surface area contributed by atoms with Gasteiger partial charge in [-0.25, -0.2) is 4.98 Å². The van der Waals surface area contributed by atoms with E-state index in [1.165, 1.54) is 6.42 Å². The molecule has 2 aromatic heterocycles. The second-order valence-corrected chi connectivity index (χ2v) is 4.80. The highest BCUT2D eigenvalue weighted by Gasteiger charge is 2.36. The van der Waals surface area contributed by atoms with E-state index < -0.39 is 0 Å². The first kappa shape index (κ1) is 10.6. The van der Waals surface area contributed by atoms with E-state index in [2.05, 4.69) is 34.3 Å². The summed E-state index contributed by atoms with van der Waals surface area (Å²) >= 11 is 0. The number of furan rings is 1. The number of nitrogens with one attached hydrogen (secondary N) is 2. The van der Waals surface area contributed by atoms with Crippen LogP contribution in [0.1, 0.15) is 36.5 Å². The topological polar surface area (TPSA) is 53.9 Å². The predicted octanol–water partition coefficient (Wildman–Crippen LogP) is 2.42. The van der Waals surface area contributed by atoms with Gasteiger partial charge in [-0.3, -0.25) is 0 Å². The molecule has 1 saturated carbocycles. The maximum Gasteiger partial charge on any atom is 0.117 e. The van der Waals surface area contributed by atoms with Gasteiger partial charge in [-0.1, -0.05) is 6.92 Å². The van der Waals surface area contributed by atoms with Crippen molar-refractivity contribution in [2.45, 2.75) is 32.4 Å². The molecule has 0 aliphatic heterocycles. The number of H-pyrrole nitrogens is 1. The highest BCUT2D eigenvalue weighted by atomic mass is 16.3. The molecule has 0 bridgehead atoms. The number of hydrogen-bond donors (Lipinski definition) is 2. The Kier molecular flexibility index (Phi) is 2.73. The van der Waals surface area contributed by atoms with Crippen LogP contribution in [0.4, 0.5) is 0 Å². The lowest BCUT2D eigenvalue weighted by Crippen LogP contribution is -2.12. The fraction of sp³-hybridized carbons (Fsp3) is 0.462. The Labute approximate surface area is 100 Å². The summed E-state index contributed by atoms with van der Waals surface area (Å²) < 4.78 is 5.81. The molecule has 3 rings (SSSR count). The van der Waals surface area contributed by atoms with Crippen molar-refractivity contribution in [1.82, 2.24) is 15.3 Å². The minimum Gasteiger partial charge on any atom is -0.464 e. The number of hydrogen-bond acceptors (Lipinski definition) is 3. The number of rotatable bonds is 5. The van der Waals surface area contributed by atoms with Gasteiger partial charge >= 0.3 is 0 Å². The minimum absolute atomic E-state index is 0.663. The van der Waals surface area contributed by atoms with Crippen molar-refractivity contribution < 1.29 is 4.42 Å². The summed E-state index contributed by atoms with van der Waals surface area (Å²) in [6.45, 7) is 3.82. The summed E-state index contributed by atoms with van der Waals surface area (Å²) in [6.07, 6.45) is 4.79. The van der Waals surface area contributed by atoms with Gasteiger partial charge in [0.2, 0.25) is 0 Å². The SMILES string of the molecule is CC1CC1c1ccc(CNCc2cnc[nH]2)o1. The minimum atomic E-state index is 0.663. The number of nitrogens with zero attached hydrogens (tertiary/aromatic N) is 1. The van der Waals surface area contributed by atoms with Gasteiger partial charge in [0.05, 0.1) is 12.9 Å². The summed E-state index contributed by atoms with van der Waals surface area (Å²) in [6, 6.07) is 4.18. The van der Waals surface area contributed by atoms with E-state index in [0.29, 0.717) is 5.92 Å². The van der Waals surface area contributed by atoms with Crippen LogP contribution in [0.5, 0.6) is 0 Å². The van der Waals surface area contributed by atoms with Gasteiger partial charge < -0.3 is 14.7 Å². The lowest BCUT2D eigenvalue weighted by molar-refractivity contribution is 0.443. The van der Waals surface area contributed by atoms with E-state index in [0.717, 1.165) is 36.2 Å². The lowest BCUT2D eigenvalue weighted by atomic mass is 10.3. The monoisotopic (exact) mass is 231 g/mol. The molecule has 4 nitrogen and oxygen atoms in total. The van der Waals surface area contributed by atoms with Crippen molar-refractivity contribution >= 4 is 0 Å². The average molecular weight is 231 g/mol. The van der Waals surface area contributed by atoms with E-state index >= 15 is 0 Å². The first-order valence-corrected chi connectivity index (χ1v) is 6.09. The molecule has 2 atom stereocenters. The molecule has 0 amide bonds. The van der Waals surface area contributed by atoms with Crippen LogP contribution in [0.3, 0.4) is 0 Å². The van der Waals surface area contributed by atoms with Gasteiger partial charge in [0.25, 0.3) is 0 Å². The maximum atomic E-state index is 5.81. The zero-order valence-corrected chi connectivity index (χ0v) is 9.94. The van der Waals surface area contributed by atoms with Crippen LogP contribution >= 0.6 is 0 Å². The van der Waals surface area contributed by atoms with Gasteiger partial charge in [0.15, 0.2) is 0 Å². The summed E-state index contributed by atoms with van der Waals surface area (Å²) in [7, 11) is 0. The molecule has 2 heterocycles. The third kappa shape index (κ3) is 2.42. The van der Waals surface area contributed by atoms with Crippen LogP contribution < -0.4 is 5.32 Å². The van der Waals surface area contributed by atoms with Gasteiger partial charge in [0.1, 0.15) is 11.5 Å². The van der Waals surface area contributed by atoms with Crippen molar-refractivity contribution in [2.75, 3.05) is 0 Å². The number of imidazole rings is 1. The normalized spacial score (nSPS) is 22.9. The third-order valence-corrected chi connectivity index (χ3v) is 3.33. The molecule has 0 spiro atoms. The van der Waals surface area contributed by atoms with E-state index in [9.17, 15) is 0 Å². The molecule has 90 valence electrons. The van der Waals surface area contributed by atoms with Crippen LogP contribution in [0.2, 0.25) is 0 Å². The Morgan fingerprint density at radius 1 is 1.47 bits per heavy atom. The Hall–Kier alpha value is -1.55. The molecule has 2 N–H and O–H groups in total. The van der Waals surface area contributed by atoms with Crippen molar-refractivity contribution in [2.24, 2.45) is 5.92 Å². The molecular formula is C13H17N3O. The standard InChI is InChI=1S/C13H17N3O/c1-9-4-12(9)13-3-2-11(17-13)7-14-5-10-6-15-8-16-10/h2-3,6,8-9,12,14H,4-5,7H2,1H3,(H,15,16). The molecule has 4 heteroatoms. The number of aromatic amines is 1. The summed E-state index contributed by atoms with van der Waals surface area (Å²) in [5.74, 6) is 3.62. The second-order valence-electron chi connectivity index (χ2n) is 4.80. The van der Waals surface area contributed by atoms with Gasteiger partial charge in [-0.2, -0.15) is 0 Å². The smallest absolute Gasteiger partial charge is 0.117 e. The van der Waals surface area contributed by atoms with Crippen molar-refractivity contribution in [3.63, 3.8) is 0 Å². The molecule has 17 heavy (non-hydrogen) atoms. The summed E-state index contributed by atoms with van der Waals surface area (Å²) in [5.41, 5.74) is 1.09. The molecule has 0 aromatic carbocycles. The molecule has 1 aliphatic rings. The quantitative estimate of drug-likeness (QED) is 0.831.